The fourth-order valence-corrected chi connectivity index (χ4v) is 2.12. The number of carbonyl (C=O) groups is 1. The van der Waals surface area contributed by atoms with E-state index in [1.165, 1.54) is 0 Å². The van der Waals surface area contributed by atoms with E-state index in [0.29, 0.717) is 21.8 Å². The number of carbonyl (C=O) groups excluding carboxylic acids is 1. The Hall–Kier alpha value is -2.51. The van der Waals surface area contributed by atoms with Crippen molar-refractivity contribution in [2.24, 2.45) is 0 Å². The van der Waals surface area contributed by atoms with E-state index in [4.69, 9.17) is 22.6 Å². The van der Waals surface area contributed by atoms with Gasteiger partial charge in [0.1, 0.15) is 0 Å². The molecule has 2 aromatic rings. The fraction of sp³-hybridized carbons (Fsp3) is 0.125. The van der Waals surface area contributed by atoms with E-state index in [-0.39, 0.29) is 11.9 Å². The number of nitrogens with one attached hydrogen (secondary N) is 1. The predicted molar refractivity (Wildman–Crippen MR) is 82.9 cm³/mol. The predicted octanol–water partition coefficient (Wildman–Crippen LogP) is 3.28. The first-order chi connectivity index (χ1) is 10.0. The quantitative estimate of drug-likeness (QED) is 0.854. The van der Waals surface area contributed by atoms with Crippen LogP contribution in [-0.2, 0) is 0 Å². The largest absolute Gasteiger partial charge is 0.398 e. The van der Waals surface area contributed by atoms with Crippen molar-refractivity contribution in [2.75, 3.05) is 5.73 Å². The normalized spacial score (nSPS) is 11.5. The number of hydrogen-bond acceptors (Lipinski definition) is 3. The number of nitrogens with two attached hydrogens (primary N) is 1. The van der Waals surface area contributed by atoms with Gasteiger partial charge in [-0.1, -0.05) is 23.7 Å². The van der Waals surface area contributed by atoms with Crippen LogP contribution >= 0.6 is 11.6 Å². The Morgan fingerprint density at radius 2 is 1.95 bits per heavy atom. The van der Waals surface area contributed by atoms with Crippen LogP contribution in [0.3, 0.4) is 0 Å². The third-order valence-corrected chi connectivity index (χ3v) is 3.38. The second kappa shape index (κ2) is 6.29. The summed E-state index contributed by atoms with van der Waals surface area (Å²) >= 11 is 5.81. The molecule has 2 rings (SSSR count). The van der Waals surface area contributed by atoms with Crippen molar-refractivity contribution in [3.05, 3.63) is 64.2 Å². The molecule has 3 N–H and O–H groups in total. The van der Waals surface area contributed by atoms with Crippen LogP contribution in [0, 0.1) is 11.3 Å². The Labute approximate surface area is 128 Å². The van der Waals surface area contributed by atoms with Crippen LogP contribution in [0.4, 0.5) is 5.69 Å². The van der Waals surface area contributed by atoms with Gasteiger partial charge in [-0.2, -0.15) is 5.26 Å². The molecule has 2 aromatic carbocycles. The summed E-state index contributed by atoms with van der Waals surface area (Å²) in [5.74, 6) is -0.263. The smallest absolute Gasteiger partial charge is 0.253 e. The van der Waals surface area contributed by atoms with Crippen LogP contribution in [0.5, 0.6) is 0 Å². The molecule has 0 aromatic heterocycles. The van der Waals surface area contributed by atoms with Gasteiger partial charge in [-0.25, -0.2) is 0 Å². The Balaban J connectivity index is 2.13. The highest BCUT2D eigenvalue weighted by molar-refractivity contribution is 6.31. The molecule has 0 bridgehead atoms. The van der Waals surface area contributed by atoms with Crippen LogP contribution in [0.1, 0.15) is 34.5 Å². The van der Waals surface area contributed by atoms with Crippen molar-refractivity contribution in [2.45, 2.75) is 13.0 Å². The van der Waals surface area contributed by atoms with Crippen molar-refractivity contribution >= 4 is 23.2 Å². The zero-order valence-electron chi connectivity index (χ0n) is 11.4. The number of benzene rings is 2. The minimum atomic E-state index is -0.263. The maximum Gasteiger partial charge on any atom is 0.253 e. The van der Waals surface area contributed by atoms with Gasteiger partial charge in [-0.15, -0.1) is 0 Å². The SMILES string of the molecule is CC(NC(=O)c1ccc(Cl)cc1N)c1ccc(C#N)cc1. The van der Waals surface area contributed by atoms with Crippen molar-refractivity contribution < 1.29 is 4.79 Å². The van der Waals surface area contributed by atoms with Crippen LogP contribution in [-0.4, -0.2) is 5.91 Å². The number of nitrogens with zero attached hydrogens (tertiary/aromatic N) is 1. The number of rotatable bonds is 3. The Kier molecular flexibility index (Phi) is 4.46. The molecule has 5 heteroatoms. The van der Waals surface area contributed by atoms with E-state index in [9.17, 15) is 4.79 Å². The van der Waals surface area contributed by atoms with Gasteiger partial charge in [-0.3, -0.25) is 4.79 Å². The van der Waals surface area contributed by atoms with Gasteiger partial charge in [-0.05, 0) is 42.8 Å². The first-order valence-corrected chi connectivity index (χ1v) is 6.75. The molecule has 4 nitrogen and oxygen atoms in total. The van der Waals surface area contributed by atoms with Crippen molar-refractivity contribution in [3.8, 4) is 6.07 Å². The molecule has 0 radical (unpaired) electrons. The Morgan fingerprint density at radius 3 is 2.52 bits per heavy atom. The monoisotopic (exact) mass is 299 g/mol. The van der Waals surface area contributed by atoms with Crippen LogP contribution in [0.25, 0.3) is 0 Å². The van der Waals surface area contributed by atoms with Gasteiger partial charge in [0, 0.05) is 10.7 Å². The fourth-order valence-electron chi connectivity index (χ4n) is 1.94. The lowest BCUT2D eigenvalue weighted by Gasteiger charge is -2.15. The van der Waals surface area contributed by atoms with Gasteiger partial charge in [0.15, 0.2) is 0 Å². The van der Waals surface area contributed by atoms with Crippen LogP contribution in [0.2, 0.25) is 5.02 Å². The van der Waals surface area contributed by atoms with Crippen molar-refractivity contribution in [1.82, 2.24) is 5.32 Å². The summed E-state index contributed by atoms with van der Waals surface area (Å²) in [4.78, 5) is 12.2. The topological polar surface area (TPSA) is 78.9 Å². The molecule has 0 fully saturated rings. The first kappa shape index (κ1) is 14.9. The van der Waals surface area contributed by atoms with Crippen molar-refractivity contribution in [3.63, 3.8) is 0 Å². The van der Waals surface area contributed by atoms with Gasteiger partial charge in [0.2, 0.25) is 0 Å². The standard InChI is InChI=1S/C16H14ClN3O/c1-10(12-4-2-11(9-18)3-5-12)20-16(21)14-7-6-13(17)8-15(14)19/h2-8,10H,19H2,1H3,(H,20,21). The molecule has 0 aliphatic rings. The number of nitrogen functional groups attached to an aromatic ring is 1. The van der Waals surface area contributed by atoms with E-state index in [1.807, 2.05) is 19.1 Å². The molecule has 0 aliphatic heterocycles. The van der Waals surface area contributed by atoms with Crippen molar-refractivity contribution in [1.29, 1.82) is 5.26 Å². The molecule has 106 valence electrons. The summed E-state index contributed by atoms with van der Waals surface area (Å²) in [6.07, 6.45) is 0. The van der Waals surface area contributed by atoms with Gasteiger partial charge >= 0.3 is 0 Å². The lowest BCUT2D eigenvalue weighted by molar-refractivity contribution is 0.0941. The van der Waals surface area contributed by atoms with E-state index < -0.39 is 0 Å². The summed E-state index contributed by atoms with van der Waals surface area (Å²) in [6.45, 7) is 1.87. The van der Waals surface area contributed by atoms with E-state index in [1.54, 1.807) is 30.3 Å². The minimum Gasteiger partial charge on any atom is -0.398 e. The highest BCUT2D eigenvalue weighted by atomic mass is 35.5. The average molecular weight is 300 g/mol. The summed E-state index contributed by atoms with van der Waals surface area (Å²) in [6, 6.07) is 13.7. The molecular formula is C16H14ClN3O. The lowest BCUT2D eigenvalue weighted by Crippen LogP contribution is -2.27. The molecule has 0 saturated carbocycles. The second-order valence-corrected chi connectivity index (χ2v) is 5.10. The zero-order valence-corrected chi connectivity index (χ0v) is 12.2. The van der Waals surface area contributed by atoms with E-state index >= 15 is 0 Å². The molecule has 0 spiro atoms. The van der Waals surface area contributed by atoms with Gasteiger partial charge < -0.3 is 11.1 Å². The molecule has 1 unspecified atom stereocenters. The first-order valence-electron chi connectivity index (χ1n) is 6.37. The van der Waals surface area contributed by atoms with E-state index in [2.05, 4.69) is 11.4 Å². The number of amides is 1. The Bertz CT molecular complexity index is 704. The van der Waals surface area contributed by atoms with Gasteiger partial charge in [0.05, 0.1) is 23.2 Å². The number of nitriles is 1. The molecular weight excluding hydrogens is 286 g/mol. The summed E-state index contributed by atoms with van der Waals surface area (Å²) < 4.78 is 0. The maximum absolute atomic E-state index is 12.2. The third kappa shape index (κ3) is 3.53. The zero-order chi connectivity index (χ0) is 15.4. The molecule has 0 saturated heterocycles. The summed E-state index contributed by atoms with van der Waals surface area (Å²) in [7, 11) is 0. The molecule has 0 aliphatic carbocycles. The molecule has 21 heavy (non-hydrogen) atoms. The molecule has 1 amide bonds. The number of anilines is 1. The minimum absolute atomic E-state index is 0.194. The average Bonchev–Trinajstić information content (AvgIpc) is 2.47. The lowest BCUT2D eigenvalue weighted by atomic mass is 10.1. The highest BCUT2D eigenvalue weighted by Crippen LogP contribution is 2.19. The van der Waals surface area contributed by atoms with Crippen LogP contribution < -0.4 is 11.1 Å². The maximum atomic E-state index is 12.2. The molecule has 1 atom stereocenters. The second-order valence-electron chi connectivity index (χ2n) is 4.66. The number of hydrogen-bond donors (Lipinski definition) is 2. The Morgan fingerprint density at radius 1 is 1.29 bits per heavy atom. The van der Waals surface area contributed by atoms with E-state index in [0.717, 1.165) is 5.56 Å². The van der Waals surface area contributed by atoms with Gasteiger partial charge in [0.25, 0.3) is 5.91 Å². The third-order valence-electron chi connectivity index (χ3n) is 3.15. The summed E-state index contributed by atoms with van der Waals surface area (Å²) in [5.41, 5.74) is 8.02. The summed E-state index contributed by atoms with van der Waals surface area (Å²) in [5, 5.41) is 12.1. The number of halogens is 1. The molecule has 0 heterocycles. The van der Waals surface area contributed by atoms with Crippen LogP contribution in [0.15, 0.2) is 42.5 Å². The highest BCUT2D eigenvalue weighted by Gasteiger charge is 2.14.